The minimum atomic E-state index is -0.654. The minimum absolute atomic E-state index is 0. The number of aryl methyl sites for hydroxylation is 3. The van der Waals surface area contributed by atoms with Crippen molar-refractivity contribution in [3.8, 4) is 11.5 Å². The fourth-order valence-electron chi connectivity index (χ4n) is 2.63. The van der Waals surface area contributed by atoms with Gasteiger partial charge in [0.15, 0.2) is 0 Å². The Morgan fingerprint density at radius 1 is 1.12 bits per heavy atom. The fraction of sp³-hybridized carbons (Fsp3) is 0.350. The van der Waals surface area contributed by atoms with Gasteiger partial charge in [-0.3, -0.25) is 4.79 Å². The lowest BCUT2D eigenvalue weighted by Gasteiger charge is -2.13. The predicted octanol–water partition coefficient (Wildman–Crippen LogP) is 3.42. The molecule has 2 rings (SSSR count). The molecule has 2 aromatic carbocycles. The van der Waals surface area contributed by atoms with E-state index in [0.29, 0.717) is 6.54 Å². The van der Waals surface area contributed by atoms with E-state index in [-0.39, 0.29) is 24.9 Å². The van der Waals surface area contributed by atoms with Crippen LogP contribution in [0.1, 0.15) is 22.3 Å². The van der Waals surface area contributed by atoms with Crippen LogP contribution < -0.4 is 15.8 Å². The summed E-state index contributed by atoms with van der Waals surface area (Å²) in [4.78, 5) is 11.8. The molecule has 0 aromatic heterocycles. The third-order valence-corrected chi connectivity index (χ3v) is 3.81. The number of ether oxygens (including phenoxy) is 2. The monoisotopic (exact) mass is 378 g/mol. The van der Waals surface area contributed by atoms with Crippen molar-refractivity contribution in [2.45, 2.75) is 33.4 Å². The second kappa shape index (κ2) is 10.2. The largest absolute Gasteiger partial charge is 0.457 e. The Morgan fingerprint density at radius 2 is 1.77 bits per heavy atom. The second-order valence-electron chi connectivity index (χ2n) is 6.30. The zero-order valence-corrected chi connectivity index (χ0v) is 16.5. The highest BCUT2D eigenvalue weighted by molar-refractivity contribution is 5.85. The van der Waals surface area contributed by atoms with Crippen LogP contribution in [0.3, 0.4) is 0 Å². The normalized spacial score (nSPS) is 11.4. The van der Waals surface area contributed by atoms with Gasteiger partial charge in [0.25, 0.3) is 0 Å². The molecule has 1 atom stereocenters. The van der Waals surface area contributed by atoms with Crippen LogP contribution in [0.4, 0.5) is 0 Å². The molecule has 0 saturated heterocycles. The average Bonchev–Trinajstić information content (AvgIpc) is 2.54. The molecule has 0 spiro atoms. The average molecular weight is 379 g/mol. The number of rotatable bonds is 7. The molecule has 0 aliphatic heterocycles. The number of benzene rings is 2. The van der Waals surface area contributed by atoms with Crippen LogP contribution in [0.25, 0.3) is 0 Å². The Balaban J connectivity index is 0.00000338. The minimum Gasteiger partial charge on any atom is -0.457 e. The van der Waals surface area contributed by atoms with Crippen molar-refractivity contribution in [2.24, 2.45) is 5.73 Å². The first-order valence-electron chi connectivity index (χ1n) is 8.27. The Bertz CT molecular complexity index is 730. The highest BCUT2D eigenvalue weighted by Crippen LogP contribution is 2.27. The molecule has 0 bridgehead atoms. The SMILES string of the molecule is COCC(N)C(=O)NCc1ccc(Oc2cc(C)cc(C)c2)c(C)c1.Cl. The summed E-state index contributed by atoms with van der Waals surface area (Å²) in [5.41, 5.74) is 10.0. The quantitative estimate of drug-likeness (QED) is 0.774. The number of nitrogens with one attached hydrogen (secondary N) is 1. The highest BCUT2D eigenvalue weighted by atomic mass is 35.5. The fourth-order valence-corrected chi connectivity index (χ4v) is 2.63. The molecule has 5 nitrogen and oxygen atoms in total. The maximum atomic E-state index is 11.8. The van der Waals surface area contributed by atoms with Crippen molar-refractivity contribution >= 4 is 18.3 Å². The smallest absolute Gasteiger partial charge is 0.239 e. The summed E-state index contributed by atoms with van der Waals surface area (Å²) < 4.78 is 10.9. The Labute approximate surface area is 161 Å². The molecule has 3 N–H and O–H groups in total. The van der Waals surface area contributed by atoms with Crippen LogP contribution in [0.2, 0.25) is 0 Å². The maximum absolute atomic E-state index is 11.8. The summed E-state index contributed by atoms with van der Waals surface area (Å²) in [5, 5.41) is 2.81. The molecule has 142 valence electrons. The number of carbonyl (C=O) groups is 1. The first-order valence-corrected chi connectivity index (χ1v) is 8.27. The summed E-state index contributed by atoms with van der Waals surface area (Å²) in [5.74, 6) is 1.40. The van der Waals surface area contributed by atoms with Crippen LogP contribution in [0, 0.1) is 20.8 Å². The zero-order chi connectivity index (χ0) is 18.4. The maximum Gasteiger partial charge on any atom is 0.239 e. The van der Waals surface area contributed by atoms with Crippen molar-refractivity contribution in [2.75, 3.05) is 13.7 Å². The van der Waals surface area contributed by atoms with Gasteiger partial charge in [-0.25, -0.2) is 0 Å². The second-order valence-corrected chi connectivity index (χ2v) is 6.30. The van der Waals surface area contributed by atoms with E-state index in [0.717, 1.165) is 22.6 Å². The van der Waals surface area contributed by atoms with E-state index in [1.807, 2.05) is 51.1 Å². The van der Waals surface area contributed by atoms with Crippen LogP contribution in [-0.4, -0.2) is 25.7 Å². The molecular formula is C20H27ClN2O3. The molecule has 26 heavy (non-hydrogen) atoms. The molecule has 0 aliphatic rings. The molecule has 1 unspecified atom stereocenters. The van der Waals surface area contributed by atoms with Gasteiger partial charge in [0, 0.05) is 13.7 Å². The van der Waals surface area contributed by atoms with Gasteiger partial charge in [-0.2, -0.15) is 0 Å². The number of hydrogen-bond donors (Lipinski definition) is 2. The van der Waals surface area contributed by atoms with Crippen LogP contribution in [0.15, 0.2) is 36.4 Å². The summed E-state index contributed by atoms with van der Waals surface area (Å²) in [7, 11) is 1.52. The summed E-state index contributed by atoms with van der Waals surface area (Å²) in [6, 6.07) is 11.3. The van der Waals surface area contributed by atoms with Gasteiger partial charge in [-0.05, 0) is 61.2 Å². The van der Waals surface area contributed by atoms with E-state index in [9.17, 15) is 4.79 Å². The molecular weight excluding hydrogens is 352 g/mol. The molecule has 6 heteroatoms. The summed E-state index contributed by atoms with van der Waals surface area (Å²) in [6.45, 7) is 6.70. The van der Waals surface area contributed by atoms with Gasteiger partial charge in [0.05, 0.1) is 6.61 Å². The van der Waals surface area contributed by atoms with E-state index >= 15 is 0 Å². The molecule has 2 aromatic rings. The number of halogens is 1. The van der Waals surface area contributed by atoms with E-state index < -0.39 is 6.04 Å². The van der Waals surface area contributed by atoms with Gasteiger partial charge in [-0.15, -0.1) is 12.4 Å². The number of nitrogens with two attached hydrogens (primary N) is 1. The van der Waals surface area contributed by atoms with Crippen LogP contribution in [-0.2, 0) is 16.1 Å². The molecule has 0 saturated carbocycles. The van der Waals surface area contributed by atoms with Gasteiger partial charge in [0.1, 0.15) is 17.5 Å². The lowest BCUT2D eigenvalue weighted by molar-refractivity contribution is -0.123. The first kappa shape index (κ1) is 22.0. The number of carbonyl (C=O) groups excluding carboxylic acids is 1. The van der Waals surface area contributed by atoms with Crippen LogP contribution in [0.5, 0.6) is 11.5 Å². The Hall–Kier alpha value is -2.08. The van der Waals surface area contributed by atoms with E-state index in [1.165, 1.54) is 18.2 Å². The van der Waals surface area contributed by atoms with E-state index in [1.54, 1.807) is 0 Å². The lowest BCUT2D eigenvalue weighted by Crippen LogP contribution is -2.43. The molecule has 0 fully saturated rings. The molecule has 0 radical (unpaired) electrons. The highest BCUT2D eigenvalue weighted by Gasteiger charge is 2.12. The van der Waals surface area contributed by atoms with Crippen LogP contribution >= 0.6 is 12.4 Å². The Morgan fingerprint density at radius 3 is 2.35 bits per heavy atom. The van der Waals surface area contributed by atoms with Crippen molar-refractivity contribution < 1.29 is 14.3 Å². The third-order valence-electron chi connectivity index (χ3n) is 3.81. The van der Waals surface area contributed by atoms with Gasteiger partial charge in [-0.1, -0.05) is 18.2 Å². The predicted molar refractivity (Wildman–Crippen MR) is 106 cm³/mol. The lowest BCUT2D eigenvalue weighted by atomic mass is 10.1. The number of hydrogen-bond acceptors (Lipinski definition) is 4. The van der Waals surface area contributed by atoms with Gasteiger partial charge < -0.3 is 20.5 Å². The Kier molecular flexibility index (Phi) is 8.58. The van der Waals surface area contributed by atoms with E-state index in [4.69, 9.17) is 15.2 Å². The van der Waals surface area contributed by atoms with Gasteiger partial charge in [0.2, 0.25) is 5.91 Å². The molecule has 0 heterocycles. The van der Waals surface area contributed by atoms with Crippen molar-refractivity contribution in [3.63, 3.8) is 0 Å². The van der Waals surface area contributed by atoms with Crippen molar-refractivity contribution in [3.05, 3.63) is 58.7 Å². The molecule has 0 aliphatic carbocycles. The zero-order valence-electron chi connectivity index (χ0n) is 15.7. The number of amides is 1. The van der Waals surface area contributed by atoms with Crippen molar-refractivity contribution in [1.29, 1.82) is 0 Å². The van der Waals surface area contributed by atoms with E-state index in [2.05, 4.69) is 11.4 Å². The standard InChI is InChI=1S/C20H26N2O3.ClH/c1-13-7-14(2)9-17(8-13)25-19-6-5-16(10-15(19)3)11-22-20(23)18(21)12-24-4;/h5-10,18H,11-12,21H2,1-4H3,(H,22,23);1H. The third kappa shape index (κ3) is 6.33. The molecule has 1 amide bonds. The summed E-state index contributed by atoms with van der Waals surface area (Å²) >= 11 is 0. The topological polar surface area (TPSA) is 73.6 Å². The number of methoxy groups -OCH3 is 1. The van der Waals surface area contributed by atoms with Gasteiger partial charge >= 0.3 is 0 Å². The van der Waals surface area contributed by atoms with Crippen molar-refractivity contribution in [1.82, 2.24) is 5.32 Å². The summed E-state index contributed by atoms with van der Waals surface area (Å²) in [6.07, 6.45) is 0. The first-order chi connectivity index (χ1) is 11.9.